The Morgan fingerprint density at radius 2 is 2.17 bits per heavy atom. The summed E-state index contributed by atoms with van der Waals surface area (Å²) in [5.74, 6) is 0.761. The van der Waals surface area contributed by atoms with E-state index in [4.69, 9.17) is 0 Å². The molecule has 1 aliphatic carbocycles. The van der Waals surface area contributed by atoms with Gasteiger partial charge in [0, 0.05) is 25.3 Å². The van der Waals surface area contributed by atoms with Crippen LogP contribution in [-0.2, 0) is 4.79 Å². The number of carbonyl (C=O) groups excluding carboxylic acids is 2. The largest absolute Gasteiger partial charge is 0.394 e. The second-order valence-corrected chi connectivity index (χ2v) is 6.09. The molecule has 6 heteroatoms. The normalized spacial score (nSPS) is 22.5. The predicted octanol–water partition coefficient (Wildman–Crippen LogP) is 0.967. The van der Waals surface area contributed by atoms with E-state index < -0.39 is 5.54 Å². The Morgan fingerprint density at radius 3 is 2.72 bits per heavy atom. The van der Waals surface area contributed by atoms with Crippen molar-refractivity contribution in [1.29, 1.82) is 0 Å². The molecule has 1 heterocycles. The fraction of sp³-hybridized carbons (Fsp3) is 0.833. The molecule has 0 unspecified atom stereocenters. The van der Waals surface area contributed by atoms with Crippen molar-refractivity contribution in [2.24, 2.45) is 0 Å². The minimum atomic E-state index is -0.402. The zero-order chi connectivity index (χ0) is 13.0. The topological polar surface area (TPSA) is 69.6 Å². The molecule has 0 spiro atoms. The molecule has 2 amide bonds. The Kier molecular flexibility index (Phi) is 4.50. The van der Waals surface area contributed by atoms with Crippen LogP contribution in [0.1, 0.15) is 32.1 Å². The Hall–Kier alpha value is -0.750. The number of rotatable bonds is 5. The molecule has 5 nitrogen and oxygen atoms in total. The van der Waals surface area contributed by atoms with Crippen LogP contribution in [-0.4, -0.2) is 52.1 Å². The highest BCUT2D eigenvalue weighted by Gasteiger charge is 2.34. The van der Waals surface area contributed by atoms with Crippen LogP contribution in [0.5, 0.6) is 0 Å². The highest BCUT2D eigenvalue weighted by molar-refractivity contribution is 8.13. The minimum Gasteiger partial charge on any atom is -0.394 e. The maximum absolute atomic E-state index is 11.9. The van der Waals surface area contributed by atoms with Gasteiger partial charge in [-0.05, 0) is 12.8 Å². The zero-order valence-electron chi connectivity index (χ0n) is 10.5. The second-order valence-electron chi connectivity index (χ2n) is 5.05. The number of carbonyl (C=O) groups is 2. The molecule has 102 valence electrons. The van der Waals surface area contributed by atoms with Crippen LogP contribution in [0.3, 0.4) is 0 Å². The third-order valence-corrected chi connectivity index (χ3v) is 4.61. The second kappa shape index (κ2) is 5.93. The number of hydrogen-bond acceptors (Lipinski definition) is 4. The Morgan fingerprint density at radius 1 is 1.44 bits per heavy atom. The molecule has 1 saturated carbocycles. The van der Waals surface area contributed by atoms with Gasteiger partial charge in [0.05, 0.1) is 12.1 Å². The summed E-state index contributed by atoms with van der Waals surface area (Å²) in [6, 6.07) is 0. The smallest absolute Gasteiger partial charge is 0.281 e. The molecule has 0 atom stereocenters. The monoisotopic (exact) mass is 272 g/mol. The molecule has 1 aliphatic heterocycles. The van der Waals surface area contributed by atoms with Crippen molar-refractivity contribution in [3.05, 3.63) is 0 Å². The first kappa shape index (κ1) is 13.7. The van der Waals surface area contributed by atoms with Crippen LogP contribution in [0.15, 0.2) is 0 Å². The highest BCUT2D eigenvalue weighted by atomic mass is 32.2. The van der Waals surface area contributed by atoms with E-state index in [0.717, 1.165) is 38.0 Å². The number of amides is 2. The first-order valence-corrected chi connectivity index (χ1v) is 7.47. The van der Waals surface area contributed by atoms with Gasteiger partial charge in [-0.15, -0.1) is 0 Å². The van der Waals surface area contributed by atoms with Gasteiger partial charge in [-0.3, -0.25) is 9.59 Å². The van der Waals surface area contributed by atoms with E-state index in [1.165, 1.54) is 11.8 Å². The quantitative estimate of drug-likeness (QED) is 0.782. The number of aliphatic hydroxyl groups excluding tert-OH is 1. The van der Waals surface area contributed by atoms with Crippen molar-refractivity contribution in [2.75, 3.05) is 25.4 Å². The lowest BCUT2D eigenvalue weighted by atomic mass is 9.99. The van der Waals surface area contributed by atoms with E-state index in [9.17, 15) is 14.7 Å². The van der Waals surface area contributed by atoms with Crippen LogP contribution in [0.4, 0.5) is 4.79 Å². The van der Waals surface area contributed by atoms with Crippen LogP contribution >= 0.6 is 11.8 Å². The van der Waals surface area contributed by atoms with Gasteiger partial charge in [-0.1, -0.05) is 24.6 Å². The summed E-state index contributed by atoms with van der Waals surface area (Å²) in [6.07, 6.45) is 4.15. The third kappa shape index (κ3) is 3.17. The number of hydrogen-bond donors (Lipinski definition) is 2. The van der Waals surface area contributed by atoms with Gasteiger partial charge in [-0.2, -0.15) is 0 Å². The van der Waals surface area contributed by atoms with Crippen LogP contribution < -0.4 is 5.32 Å². The van der Waals surface area contributed by atoms with Crippen molar-refractivity contribution in [3.63, 3.8) is 0 Å². The van der Waals surface area contributed by atoms with Gasteiger partial charge >= 0.3 is 0 Å². The summed E-state index contributed by atoms with van der Waals surface area (Å²) in [5.41, 5.74) is -0.402. The SMILES string of the molecule is O=C(CCN1CCSC1=O)NC1(CO)CCCC1. The molecule has 1 saturated heterocycles. The standard InChI is InChI=1S/C12H20N2O3S/c15-9-12(4-1-2-5-12)13-10(16)3-6-14-7-8-18-11(14)17/h15H,1-9H2,(H,13,16). The van der Waals surface area contributed by atoms with E-state index in [1.807, 2.05) is 0 Å². The molecule has 0 bridgehead atoms. The molecule has 2 aliphatic rings. The Balaban J connectivity index is 1.76. The maximum atomic E-state index is 11.9. The highest BCUT2D eigenvalue weighted by Crippen LogP contribution is 2.29. The fourth-order valence-corrected chi connectivity index (χ4v) is 3.45. The van der Waals surface area contributed by atoms with E-state index >= 15 is 0 Å². The summed E-state index contributed by atoms with van der Waals surface area (Å²) in [7, 11) is 0. The maximum Gasteiger partial charge on any atom is 0.281 e. The van der Waals surface area contributed by atoms with Crippen molar-refractivity contribution >= 4 is 22.9 Å². The number of nitrogens with zero attached hydrogens (tertiary/aromatic N) is 1. The van der Waals surface area contributed by atoms with Crippen LogP contribution in [0.2, 0.25) is 0 Å². The summed E-state index contributed by atoms with van der Waals surface area (Å²) >= 11 is 1.31. The molecule has 0 aromatic rings. The van der Waals surface area contributed by atoms with Crippen LogP contribution in [0, 0.1) is 0 Å². The zero-order valence-corrected chi connectivity index (χ0v) is 11.3. The van der Waals surface area contributed by atoms with Gasteiger partial charge in [0.15, 0.2) is 0 Å². The van der Waals surface area contributed by atoms with Gasteiger partial charge in [0.25, 0.3) is 5.24 Å². The molecule has 0 radical (unpaired) electrons. The molecule has 2 rings (SSSR count). The molecule has 18 heavy (non-hydrogen) atoms. The van der Waals surface area contributed by atoms with Gasteiger partial charge in [0.2, 0.25) is 5.91 Å². The number of thioether (sulfide) groups is 1. The summed E-state index contributed by atoms with van der Waals surface area (Å²) in [4.78, 5) is 24.9. The molecule has 0 aromatic heterocycles. The van der Waals surface area contributed by atoms with Crippen molar-refractivity contribution in [2.45, 2.75) is 37.6 Å². The van der Waals surface area contributed by atoms with Gasteiger partial charge in [0.1, 0.15) is 0 Å². The lowest BCUT2D eigenvalue weighted by Crippen LogP contribution is -2.49. The summed E-state index contributed by atoms with van der Waals surface area (Å²) in [5, 5.41) is 12.4. The van der Waals surface area contributed by atoms with Crippen molar-refractivity contribution in [1.82, 2.24) is 10.2 Å². The first-order chi connectivity index (χ1) is 8.65. The van der Waals surface area contributed by atoms with E-state index in [-0.39, 0.29) is 17.8 Å². The molecular weight excluding hydrogens is 252 g/mol. The molecule has 2 N–H and O–H groups in total. The lowest BCUT2D eigenvalue weighted by Gasteiger charge is -2.28. The van der Waals surface area contributed by atoms with E-state index in [1.54, 1.807) is 4.90 Å². The Labute approximate surface area is 111 Å². The molecule has 0 aromatic carbocycles. The first-order valence-electron chi connectivity index (χ1n) is 6.49. The van der Waals surface area contributed by atoms with Crippen molar-refractivity contribution < 1.29 is 14.7 Å². The number of aliphatic hydroxyl groups is 1. The molecule has 2 fully saturated rings. The van der Waals surface area contributed by atoms with E-state index in [2.05, 4.69) is 5.32 Å². The van der Waals surface area contributed by atoms with Crippen molar-refractivity contribution in [3.8, 4) is 0 Å². The fourth-order valence-electron chi connectivity index (χ4n) is 2.60. The predicted molar refractivity (Wildman–Crippen MR) is 70.5 cm³/mol. The lowest BCUT2D eigenvalue weighted by molar-refractivity contribution is -0.123. The average Bonchev–Trinajstić information content (AvgIpc) is 2.97. The number of nitrogens with one attached hydrogen (secondary N) is 1. The van der Waals surface area contributed by atoms with Gasteiger partial charge in [-0.25, -0.2) is 0 Å². The van der Waals surface area contributed by atoms with E-state index in [0.29, 0.717) is 13.0 Å². The third-order valence-electron chi connectivity index (χ3n) is 3.72. The van der Waals surface area contributed by atoms with Crippen LogP contribution in [0.25, 0.3) is 0 Å². The minimum absolute atomic E-state index is 0.0111. The summed E-state index contributed by atoms with van der Waals surface area (Å²) in [6.45, 7) is 1.23. The summed E-state index contributed by atoms with van der Waals surface area (Å²) < 4.78 is 0. The van der Waals surface area contributed by atoms with Gasteiger partial charge < -0.3 is 15.3 Å². The molecular formula is C12H20N2O3S. The average molecular weight is 272 g/mol. The Bertz CT molecular complexity index is 329.